The van der Waals surface area contributed by atoms with E-state index >= 15 is 0 Å². The molecule has 0 heterocycles. The van der Waals surface area contributed by atoms with Crippen molar-refractivity contribution in [2.75, 3.05) is 6.61 Å². The van der Waals surface area contributed by atoms with Crippen LogP contribution in [0.5, 0.6) is 11.5 Å². The third-order valence-electron chi connectivity index (χ3n) is 2.66. The number of nitro benzene ring substituents is 1. The molecule has 6 nitrogen and oxygen atoms in total. The Kier molecular flexibility index (Phi) is 6.43. The van der Waals surface area contributed by atoms with Crippen LogP contribution in [0.4, 0.5) is 5.69 Å². The van der Waals surface area contributed by atoms with Gasteiger partial charge in [-0.05, 0) is 37.3 Å². The van der Waals surface area contributed by atoms with E-state index in [0.717, 1.165) is 0 Å². The van der Waals surface area contributed by atoms with Crippen LogP contribution in [0.25, 0.3) is 0 Å². The molecule has 24 heavy (non-hydrogen) atoms. The van der Waals surface area contributed by atoms with E-state index in [0.29, 0.717) is 10.8 Å². The number of rotatable bonds is 7. The standard InChI is InChI=1S/C14H12Cl2NO5PS/c1-2-20-23(24,22-14-8-3-10(15)9-13(14)16)21-12-6-4-11(5-7-12)17(18)19/h3-9H,2H2,1H3. The minimum absolute atomic E-state index is 0.0614. The van der Waals surface area contributed by atoms with Gasteiger partial charge in [0.1, 0.15) is 11.5 Å². The van der Waals surface area contributed by atoms with Crippen LogP contribution in [0.3, 0.4) is 0 Å². The first kappa shape index (κ1) is 19.0. The quantitative estimate of drug-likeness (QED) is 0.337. The minimum Gasteiger partial charge on any atom is -0.416 e. The highest BCUT2D eigenvalue weighted by molar-refractivity contribution is 8.07. The van der Waals surface area contributed by atoms with Crippen LogP contribution < -0.4 is 9.05 Å². The average Bonchev–Trinajstić information content (AvgIpc) is 2.51. The normalized spacial score (nSPS) is 13.1. The summed E-state index contributed by atoms with van der Waals surface area (Å²) in [5.74, 6) is 0.572. The van der Waals surface area contributed by atoms with Gasteiger partial charge in [0.2, 0.25) is 0 Å². The molecule has 2 rings (SSSR count). The summed E-state index contributed by atoms with van der Waals surface area (Å²) in [6, 6.07) is 10.1. The fourth-order valence-electron chi connectivity index (χ4n) is 1.66. The highest BCUT2D eigenvalue weighted by Crippen LogP contribution is 2.51. The maximum absolute atomic E-state index is 10.7. The second-order valence-electron chi connectivity index (χ2n) is 4.37. The van der Waals surface area contributed by atoms with E-state index in [1.807, 2.05) is 0 Å². The van der Waals surface area contributed by atoms with E-state index in [-0.39, 0.29) is 23.1 Å². The van der Waals surface area contributed by atoms with Gasteiger partial charge in [0.15, 0.2) is 0 Å². The van der Waals surface area contributed by atoms with E-state index in [2.05, 4.69) is 0 Å². The molecule has 0 amide bonds. The zero-order chi connectivity index (χ0) is 17.7. The molecule has 1 atom stereocenters. The molecule has 2 aromatic carbocycles. The van der Waals surface area contributed by atoms with Gasteiger partial charge < -0.3 is 9.05 Å². The molecule has 0 aliphatic rings. The van der Waals surface area contributed by atoms with Crippen LogP contribution >= 0.6 is 29.9 Å². The van der Waals surface area contributed by atoms with E-state index in [1.54, 1.807) is 19.1 Å². The second kappa shape index (κ2) is 8.14. The lowest BCUT2D eigenvalue weighted by Crippen LogP contribution is -2.05. The SMILES string of the molecule is CCOP(=S)(Oc1ccc([N+](=O)[O-])cc1)Oc1ccc(Cl)cc1Cl. The summed E-state index contributed by atoms with van der Waals surface area (Å²) < 4.78 is 16.8. The minimum atomic E-state index is -3.21. The first-order valence-corrected chi connectivity index (χ1v) is 9.97. The van der Waals surface area contributed by atoms with Crippen molar-refractivity contribution >= 4 is 47.4 Å². The van der Waals surface area contributed by atoms with Crippen LogP contribution in [0.15, 0.2) is 42.5 Å². The molecule has 128 valence electrons. The third kappa shape index (κ3) is 5.06. The Bertz CT molecular complexity index is 787. The third-order valence-corrected chi connectivity index (χ3v) is 5.38. The van der Waals surface area contributed by atoms with Crippen molar-refractivity contribution in [1.29, 1.82) is 0 Å². The van der Waals surface area contributed by atoms with Crippen LogP contribution in [-0.2, 0) is 16.3 Å². The predicted octanol–water partition coefficient (Wildman–Crippen LogP) is 5.62. The van der Waals surface area contributed by atoms with Gasteiger partial charge >= 0.3 is 6.72 Å². The van der Waals surface area contributed by atoms with Gasteiger partial charge in [0.25, 0.3) is 5.69 Å². The van der Waals surface area contributed by atoms with Crippen LogP contribution in [0.1, 0.15) is 6.92 Å². The summed E-state index contributed by atoms with van der Waals surface area (Å²) in [6.45, 7) is -1.21. The summed E-state index contributed by atoms with van der Waals surface area (Å²) >= 11 is 17.3. The van der Waals surface area contributed by atoms with Gasteiger partial charge in [-0.25, -0.2) is 0 Å². The van der Waals surface area contributed by atoms with Crippen molar-refractivity contribution < 1.29 is 18.5 Å². The maximum atomic E-state index is 10.7. The summed E-state index contributed by atoms with van der Waals surface area (Å²) in [5.41, 5.74) is -0.0614. The van der Waals surface area contributed by atoms with E-state index in [1.165, 1.54) is 30.3 Å². The fraction of sp³-hybridized carbons (Fsp3) is 0.143. The number of nitro groups is 1. The molecule has 1 unspecified atom stereocenters. The monoisotopic (exact) mass is 407 g/mol. The first-order valence-electron chi connectivity index (χ1n) is 6.66. The molecule has 2 aromatic rings. The van der Waals surface area contributed by atoms with Crippen molar-refractivity contribution in [3.8, 4) is 11.5 Å². The fourth-order valence-corrected chi connectivity index (χ4v) is 4.21. The highest BCUT2D eigenvalue weighted by atomic mass is 35.5. The second-order valence-corrected chi connectivity index (χ2v) is 8.08. The summed E-state index contributed by atoms with van der Waals surface area (Å²) in [7, 11) is 0. The molecule has 0 aromatic heterocycles. The van der Waals surface area contributed by atoms with Crippen LogP contribution in [0, 0.1) is 10.1 Å². The molecular formula is C14H12Cl2NO5PS. The molecule has 0 N–H and O–H groups in total. The zero-order valence-electron chi connectivity index (χ0n) is 12.3. The predicted molar refractivity (Wildman–Crippen MR) is 96.7 cm³/mol. The lowest BCUT2D eigenvalue weighted by molar-refractivity contribution is -0.384. The van der Waals surface area contributed by atoms with E-state index in [9.17, 15) is 10.1 Å². The number of hydrogen-bond donors (Lipinski definition) is 0. The molecule has 0 aliphatic heterocycles. The maximum Gasteiger partial charge on any atom is 0.434 e. The van der Waals surface area contributed by atoms with Gasteiger partial charge in [-0.2, -0.15) is 0 Å². The summed E-state index contributed by atoms with van der Waals surface area (Å²) in [6.07, 6.45) is 0. The molecule has 0 radical (unpaired) electrons. The lowest BCUT2D eigenvalue weighted by Gasteiger charge is -2.22. The average molecular weight is 408 g/mol. The van der Waals surface area contributed by atoms with Crippen molar-refractivity contribution in [2.24, 2.45) is 0 Å². The highest BCUT2D eigenvalue weighted by Gasteiger charge is 2.25. The number of hydrogen-bond acceptors (Lipinski definition) is 6. The van der Waals surface area contributed by atoms with Crippen molar-refractivity contribution in [3.05, 3.63) is 62.6 Å². The van der Waals surface area contributed by atoms with E-state index < -0.39 is 11.6 Å². The van der Waals surface area contributed by atoms with Gasteiger partial charge in [-0.3, -0.25) is 14.6 Å². The van der Waals surface area contributed by atoms with Crippen LogP contribution in [-0.4, -0.2) is 11.5 Å². The molecule has 0 aliphatic carbocycles. The van der Waals surface area contributed by atoms with Gasteiger partial charge in [-0.1, -0.05) is 23.2 Å². The van der Waals surface area contributed by atoms with Crippen LogP contribution in [0.2, 0.25) is 10.0 Å². The number of halogens is 2. The zero-order valence-corrected chi connectivity index (χ0v) is 15.6. The molecule has 0 bridgehead atoms. The Hall–Kier alpha value is -1.37. The lowest BCUT2D eigenvalue weighted by atomic mass is 10.3. The Balaban J connectivity index is 2.23. The summed E-state index contributed by atoms with van der Waals surface area (Å²) in [5, 5.41) is 11.4. The number of non-ortho nitro benzene ring substituents is 1. The number of nitrogens with zero attached hydrogens (tertiary/aromatic N) is 1. The van der Waals surface area contributed by atoms with Gasteiger partial charge in [-0.15, -0.1) is 0 Å². The van der Waals surface area contributed by atoms with Crippen molar-refractivity contribution in [1.82, 2.24) is 0 Å². The molecule has 10 heteroatoms. The van der Waals surface area contributed by atoms with E-state index in [4.69, 9.17) is 48.6 Å². The largest absolute Gasteiger partial charge is 0.434 e. The van der Waals surface area contributed by atoms with Crippen molar-refractivity contribution in [3.63, 3.8) is 0 Å². The Morgan fingerprint density at radius 2 is 1.83 bits per heavy atom. The summed E-state index contributed by atoms with van der Waals surface area (Å²) in [4.78, 5) is 10.2. The molecule has 0 saturated heterocycles. The molecule has 0 fully saturated rings. The Labute approximate surface area is 153 Å². The topological polar surface area (TPSA) is 70.8 Å². The molecular weight excluding hydrogens is 396 g/mol. The smallest absolute Gasteiger partial charge is 0.416 e. The Morgan fingerprint density at radius 3 is 2.38 bits per heavy atom. The van der Waals surface area contributed by atoms with Gasteiger partial charge in [0.05, 0.1) is 16.6 Å². The molecule has 0 spiro atoms. The molecule has 0 saturated carbocycles. The van der Waals surface area contributed by atoms with Gasteiger partial charge in [0, 0.05) is 29.0 Å². The first-order chi connectivity index (χ1) is 11.3. The number of benzene rings is 2. The Morgan fingerprint density at radius 1 is 1.17 bits per heavy atom. The van der Waals surface area contributed by atoms with Crippen molar-refractivity contribution in [2.45, 2.75) is 6.92 Å².